The van der Waals surface area contributed by atoms with Crippen LogP contribution in [0.25, 0.3) is 0 Å². The van der Waals surface area contributed by atoms with Gasteiger partial charge in [0.1, 0.15) is 6.33 Å². The van der Waals surface area contributed by atoms with Gasteiger partial charge in [-0.25, -0.2) is 18.4 Å². The van der Waals surface area contributed by atoms with Crippen molar-refractivity contribution >= 4 is 21.4 Å². The van der Waals surface area contributed by atoms with E-state index in [2.05, 4.69) is 9.97 Å². The molecule has 0 spiro atoms. The van der Waals surface area contributed by atoms with Gasteiger partial charge in [-0.3, -0.25) is 0 Å². The lowest BCUT2D eigenvalue weighted by atomic mass is 10.1. The Kier molecular flexibility index (Phi) is 4.22. The monoisotopic (exact) mass is 288 g/mol. The van der Waals surface area contributed by atoms with Crippen molar-refractivity contribution in [3.8, 4) is 0 Å². The minimum absolute atomic E-state index is 0.0844. The average Bonchev–Trinajstić information content (AvgIpc) is 2.62. The number of nitrogens with zero attached hydrogens (tertiary/aromatic N) is 2. The van der Waals surface area contributed by atoms with Gasteiger partial charge in [-0.15, -0.1) is 11.6 Å². The number of halogens is 1. The highest BCUT2D eigenvalue weighted by molar-refractivity contribution is 7.92. The highest BCUT2D eigenvalue weighted by atomic mass is 35.5. The van der Waals surface area contributed by atoms with Gasteiger partial charge in [-0.2, -0.15) is 0 Å². The van der Waals surface area contributed by atoms with Gasteiger partial charge in [0.2, 0.25) is 0 Å². The maximum absolute atomic E-state index is 12.4. The van der Waals surface area contributed by atoms with Gasteiger partial charge in [0, 0.05) is 17.1 Å². The van der Waals surface area contributed by atoms with Gasteiger partial charge >= 0.3 is 0 Å². The summed E-state index contributed by atoms with van der Waals surface area (Å²) in [5.41, 5.74) is 1.70. The molecule has 1 unspecified atom stereocenters. The van der Waals surface area contributed by atoms with Crippen LogP contribution in [-0.2, 0) is 22.7 Å². The fourth-order valence-electron chi connectivity index (χ4n) is 2.19. The van der Waals surface area contributed by atoms with Gasteiger partial charge in [0.15, 0.2) is 14.9 Å². The largest absolute Gasteiger partial charge is 0.241 e. The molecule has 0 saturated heterocycles. The molecule has 0 radical (unpaired) electrons. The summed E-state index contributed by atoms with van der Waals surface area (Å²) < 4.78 is 24.7. The highest BCUT2D eigenvalue weighted by Gasteiger charge is 2.28. The molecule has 1 heterocycles. The molecule has 4 nitrogen and oxygen atoms in total. The third-order valence-electron chi connectivity index (χ3n) is 3.35. The molecule has 18 heavy (non-hydrogen) atoms. The van der Waals surface area contributed by atoms with Crippen molar-refractivity contribution in [2.75, 3.05) is 5.88 Å². The summed E-state index contributed by atoms with van der Waals surface area (Å²) >= 11 is 5.68. The first-order chi connectivity index (χ1) is 8.57. The summed E-state index contributed by atoms with van der Waals surface area (Å²) in [5, 5.41) is -0.413. The highest BCUT2D eigenvalue weighted by Crippen LogP contribution is 2.26. The number of aromatic nitrogens is 2. The van der Waals surface area contributed by atoms with E-state index >= 15 is 0 Å². The second-order valence-corrected chi connectivity index (χ2v) is 7.26. The van der Waals surface area contributed by atoms with Crippen LogP contribution in [0.5, 0.6) is 0 Å². The Hall–Kier alpha value is -0.680. The van der Waals surface area contributed by atoms with Gasteiger partial charge in [0.25, 0.3) is 0 Å². The Labute approximate surface area is 113 Å². The maximum atomic E-state index is 12.4. The summed E-state index contributed by atoms with van der Waals surface area (Å²) in [6.07, 6.45) is 6.13. The van der Waals surface area contributed by atoms with E-state index in [9.17, 15) is 8.42 Å². The summed E-state index contributed by atoms with van der Waals surface area (Å²) in [6.45, 7) is 1.62. The maximum Gasteiger partial charge on any atom is 0.199 e. The quantitative estimate of drug-likeness (QED) is 0.486. The van der Waals surface area contributed by atoms with Crippen molar-refractivity contribution in [3.05, 3.63) is 17.6 Å². The summed E-state index contributed by atoms with van der Waals surface area (Å²) in [5.74, 6) is 0.0844. The van der Waals surface area contributed by atoms with Crippen molar-refractivity contribution in [1.29, 1.82) is 0 Å². The minimum Gasteiger partial charge on any atom is -0.241 e. The third kappa shape index (κ3) is 2.52. The van der Waals surface area contributed by atoms with Crippen LogP contribution in [0.15, 0.2) is 11.4 Å². The van der Waals surface area contributed by atoms with Crippen LogP contribution in [-0.4, -0.2) is 29.5 Å². The van der Waals surface area contributed by atoms with Gasteiger partial charge in [-0.05, 0) is 32.6 Å². The van der Waals surface area contributed by atoms with E-state index in [0.717, 1.165) is 43.4 Å². The lowest BCUT2D eigenvalue weighted by molar-refractivity contribution is 0.580. The molecule has 0 aliphatic heterocycles. The Balaban J connectivity index is 2.52. The van der Waals surface area contributed by atoms with Gasteiger partial charge in [-0.1, -0.05) is 6.42 Å². The van der Waals surface area contributed by atoms with Crippen molar-refractivity contribution in [2.24, 2.45) is 0 Å². The van der Waals surface area contributed by atoms with Gasteiger partial charge in [0.05, 0.1) is 5.25 Å². The molecular formula is C12H17ClN2O2S. The first-order valence-corrected chi connectivity index (χ1v) is 8.28. The Morgan fingerprint density at radius 3 is 2.72 bits per heavy atom. The van der Waals surface area contributed by atoms with Crippen LogP contribution in [0.4, 0.5) is 0 Å². The van der Waals surface area contributed by atoms with E-state index in [1.165, 1.54) is 6.33 Å². The SMILES string of the molecule is CC(CCl)S(=O)(=O)c1ncnc2c1CCCCC2. The number of rotatable bonds is 3. The molecule has 0 fully saturated rings. The van der Waals surface area contributed by atoms with E-state index in [1.807, 2.05) is 0 Å². The molecule has 0 aromatic carbocycles. The lowest BCUT2D eigenvalue weighted by Crippen LogP contribution is -2.23. The molecule has 2 rings (SSSR count). The van der Waals surface area contributed by atoms with E-state index in [4.69, 9.17) is 11.6 Å². The Morgan fingerprint density at radius 1 is 1.28 bits per heavy atom. The van der Waals surface area contributed by atoms with E-state index in [1.54, 1.807) is 6.92 Å². The second-order valence-electron chi connectivity index (χ2n) is 4.67. The number of aryl methyl sites for hydroxylation is 1. The van der Waals surface area contributed by atoms with Crippen LogP contribution < -0.4 is 0 Å². The normalized spacial score (nSPS) is 17.9. The minimum atomic E-state index is -3.43. The summed E-state index contributed by atoms with van der Waals surface area (Å²) in [6, 6.07) is 0. The predicted octanol–water partition coefficient (Wildman–Crippen LogP) is 2.15. The topological polar surface area (TPSA) is 59.9 Å². The van der Waals surface area contributed by atoms with Crippen LogP contribution in [0.3, 0.4) is 0 Å². The lowest BCUT2D eigenvalue weighted by Gasteiger charge is -2.14. The molecule has 0 amide bonds. The van der Waals surface area contributed by atoms with Crippen molar-refractivity contribution in [1.82, 2.24) is 9.97 Å². The molecule has 6 heteroatoms. The van der Waals surface area contributed by atoms with E-state index in [0.29, 0.717) is 0 Å². The summed E-state index contributed by atoms with van der Waals surface area (Å²) in [7, 11) is -3.43. The zero-order valence-electron chi connectivity index (χ0n) is 10.4. The zero-order chi connectivity index (χ0) is 13.2. The molecule has 1 aromatic heterocycles. The number of fused-ring (bicyclic) bond motifs is 1. The zero-order valence-corrected chi connectivity index (χ0v) is 12.0. The molecule has 1 atom stereocenters. The van der Waals surface area contributed by atoms with E-state index in [-0.39, 0.29) is 10.9 Å². The number of alkyl halides is 1. The molecule has 1 aliphatic carbocycles. The van der Waals surface area contributed by atoms with Crippen molar-refractivity contribution < 1.29 is 8.42 Å². The molecule has 0 N–H and O–H groups in total. The van der Waals surface area contributed by atoms with Crippen molar-refractivity contribution in [3.63, 3.8) is 0 Å². The standard InChI is InChI=1S/C12H17ClN2O2S/c1-9(7-13)18(16,17)12-10-5-3-2-4-6-11(10)14-8-15-12/h8-9H,2-7H2,1H3. The molecule has 0 bridgehead atoms. The number of hydrogen-bond donors (Lipinski definition) is 0. The average molecular weight is 289 g/mol. The second kappa shape index (κ2) is 5.53. The predicted molar refractivity (Wildman–Crippen MR) is 70.7 cm³/mol. The van der Waals surface area contributed by atoms with Crippen LogP contribution in [0.1, 0.15) is 37.4 Å². The fraction of sp³-hybridized carbons (Fsp3) is 0.667. The molecule has 1 aromatic rings. The fourth-order valence-corrected chi connectivity index (χ4v) is 3.99. The van der Waals surface area contributed by atoms with Crippen LogP contribution in [0, 0.1) is 0 Å². The first kappa shape index (κ1) is 13.7. The van der Waals surface area contributed by atoms with Crippen LogP contribution >= 0.6 is 11.6 Å². The molecular weight excluding hydrogens is 272 g/mol. The molecule has 1 aliphatic rings. The smallest absolute Gasteiger partial charge is 0.199 e. The summed E-state index contributed by atoms with van der Waals surface area (Å²) in [4.78, 5) is 8.25. The van der Waals surface area contributed by atoms with Crippen molar-refractivity contribution in [2.45, 2.75) is 49.3 Å². The molecule has 100 valence electrons. The third-order valence-corrected chi connectivity index (χ3v) is 6.11. The molecule has 0 saturated carbocycles. The van der Waals surface area contributed by atoms with E-state index < -0.39 is 15.1 Å². The number of hydrogen-bond acceptors (Lipinski definition) is 4. The Morgan fingerprint density at radius 2 is 2.00 bits per heavy atom. The Bertz CT molecular complexity index is 531. The number of sulfone groups is 1. The first-order valence-electron chi connectivity index (χ1n) is 6.20. The van der Waals surface area contributed by atoms with Crippen LogP contribution in [0.2, 0.25) is 0 Å². The van der Waals surface area contributed by atoms with Gasteiger partial charge < -0.3 is 0 Å².